The highest BCUT2D eigenvalue weighted by atomic mass is 35.5. The molecule has 2 heterocycles. The number of aromatic nitrogens is 3. The van der Waals surface area contributed by atoms with E-state index in [1.54, 1.807) is 12.3 Å². The Labute approximate surface area is 114 Å². The maximum Gasteiger partial charge on any atom is 0.251 e. The van der Waals surface area contributed by atoms with Gasteiger partial charge in [0.2, 0.25) is 0 Å². The van der Waals surface area contributed by atoms with Crippen LogP contribution in [0.15, 0.2) is 30.7 Å². The van der Waals surface area contributed by atoms with E-state index in [2.05, 4.69) is 25.7 Å². The number of hydrazine groups is 1. The van der Waals surface area contributed by atoms with Gasteiger partial charge < -0.3 is 10.7 Å². The summed E-state index contributed by atoms with van der Waals surface area (Å²) >= 11 is 5.78. The van der Waals surface area contributed by atoms with Crippen molar-refractivity contribution >= 4 is 23.3 Å². The maximum atomic E-state index is 11.9. The van der Waals surface area contributed by atoms with Gasteiger partial charge in [0.15, 0.2) is 0 Å². The molecule has 0 aromatic carbocycles. The van der Waals surface area contributed by atoms with Crippen molar-refractivity contribution in [1.29, 1.82) is 0 Å². The molecule has 19 heavy (non-hydrogen) atoms. The zero-order valence-electron chi connectivity index (χ0n) is 9.80. The fourth-order valence-corrected chi connectivity index (χ4v) is 1.61. The van der Waals surface area contributed by atoms with Gasteiger partial charge >= 0.3 is 0 Å². The molecule has 4 N–H and O–H groups in total. The molecule has 0 unspecified atom stereocenters. The first-order valence-electron chi connectivity index (χ1n) is 5.36. The van der Waals surface area contributed by atoms with Crippen molar-refractivity contribution in [3.8, 4) is 0 Å². The van der Waals surface area contributed by atoms with Crippen LogP contribution >= 0.6 is 11.6 Å². The molecule has 98 valence electrons. The smallest absolute Gasteiger partial charge is 0.251 e. The van der Waals surface area contributed by atoms with E-state index in [1.165, 1.54) is 18.5 Å². The summed E-state index contributed by atoms with van der Waals surface area (Å²) in [6, 6.07) is 4.67. The van der Waals surface area contributed by atoms with Crippen LogP contribution in [-0.4, -0.2) is 20.9 Å². The Balaban J connectivity index is 2.06. The van der Waals surface area contributed by atoms with E-state index in [9.17, 15) is 4.79 Å². The molecule has 0 aliphatic rings. The summed E-state index contributed by atoms with van der Waals surface area (Å²) in [6.45, 7) is 0.298. The molecule has 0 saturated carbocycles. The molecule has 0 fully saturated rings. The number of pyridine rings is 1. The predicted molar refractivity (Wildman–Crippen MR) is 70.3 cm³/mol. The molecule has 0 aliphatic carbocycles. The first kappa shape index (κ1) is 13.2. The highest BCUT2D eigenvalue weighted by molar-refractivity contribution is 6.29. The summed E-state index contributed by atoms with van der Waals surface area (Å²) in [5, 5.41) is 2.89. The van der Waals surface area contributed by atoms with Crippen molar-refractivity contribution in [2.75, 3.05) is 5.43 Å². The third-order valence-electron chi connectivity index (χ3n) is 2.28. The van der Waals surface area contributed by atoms with Gasteiger partial charge in [-0.2, -0.15) is 0 Å². The van der Waals surface area contributed by atoms with E-state index < -0.39 is 0 Å². The number of amides is 1. The monoisotopic (exact) mass is 278 g/mol. The number of nitrogen functional groups attached to an aromatic ring is 1. The number of nitrogens with one attached hydrogen (secondary N) is 2. The van der Waals surface area contributed by atoms with Crippen LogP contribution in [0.4, 0.5) is 5.82 Å². The second-order valence-corrected chi connectivity index (χ2v) is 3.98. The van der Waals surface area contributed by atoms with E-state index in [4.69, 9.17) is 17.4 Å². The Bertz CT molecular complexity index is 577. The van der Waals surface area contributed by atoms with Crippen LogP contribution in [0.3, 0.4) is 0 Å². The lowest BCUT2D eigenvalue weighted by atomic mass is 10.2. The number of nitrogens with two attached hydrogens (primary N) is 1. The van der Waals surface area contributed by atoms with Crippen LogP contribution in [0.25, 0.3) is 0 Å². The topological polar surface area (TPSA) is 106 Å². The molecule has 2 aromatic heterocycles. The standard InChI is InChI=1S/C11H11ClN6O/c12-9-3-7(4-10(17-9)18-13)11(19)15-5-8-1-2-14-6-16-8/h1-4,6H,5,13H2,(H,15,19)(H,17,18). The Hall–Kier alpha value is -2.25. The summed E-state index contributed by atoms with van der Waals surface area (Å²) in [7, 11) is 0. The number of anilines is 1. The van der Waals surface area contributed by atoms with Crippen LogP contribution in [0.2, 0.25) is 5.15 Å². The summed E-state index contributed by atoms with van der Waals surface area (Å²) in [6.07, 6.45) is 3.02. The number of hydrogen-bond acceptors (Lipinski definition) is 6. The average molecular weight is 279 g/mol. The molecule has 0 aliphatic heterocycles. The van der Waals surface area contributed by atoms with Gasteiger partial charge in [0.05, 0.1) is 12.2 Å². The lowest BCUT2D eigenvalue weighted by Crippen LogP contribution is -2.23. The molecular weight excluding hydrogens is 268 g/mol. The summed E-state index contributed by atoms with van der Waals surface area (Å²) in [4.78, 5) is 23.6. The van der Waals surface area contributed by atoms with Crippen LogP contribution in [-0.2, 0) is 6.54 Å². The van der Waals surface area contributed by atoms with Gasteiger partial charge in [0, 0.05) is 11.8 Å². The van der Waals surface area contributed by atoms with Crippen LogP contribution in [0, 0.1) is 0 Å². The van der Waals surface area contributed by atoms with Crippen molar-refractivity contribution in [2.45, 2.75) is 6.54 Å². The van der Waals surface area contributed by atoms with Crippen molar-refractivity contribution in [2.24, 2.45) is 5.84 Å². The summed E-state index contributed by atoms with van der Waals surface area (Å²) in [5.41, 5.74) is 3.41. The lowest BCUT2D eigenvalue weighted by molar-refractivity contribution is 0.0950. The van der Waals surface area contributed by atoms with Crippen molar-refractivity contribution in [3.63, 3.8) is 0 Å². The molecule has 7 nitrogen and oxygen atoms in total. The van der Waals surface area contributed by atoms with Gasteiger partial charge in [-0.25, -0.2) is 20.8 Å². The predicted octanol–water partition coefficient (Wildman–Crippen LogP) is 0.741. The number of rotatable bonds is 4. The molecule has 0 bridgehead atoms. The van der Waals surface area contributed by atoms with Gasteiger partial charge in [0.25, 0.3) is 5.91 Å². The fourth-order valence-electron chi connectivity index (χ4n) is 1.40. The Morgan fingerprint density at radius 2 is 2.26 bits per heavy atom. The van der Waals surface area contributed by atoms with Gasteiger partial charge in [-0.3, -0.25) is 4.79 Å². The Kier molecular flexibility index (Phi) is 4.22. The van der Waals surface area contributed by atoms with Crippen LogP contribution in [0.1, 0.15) is 16.1 Å². The number of carbonyl (C=O) groups excluding carboxylic acids is 1. The van der Waals surface area contributed by atoms with Gasteiger partial charge in [-0.1, -0.05) is 11.6 Å². The normalized spacial score (nSPS) is 10.0. The minimum absolute atomic E-state index is 0.183. The van der Waals surface area contributed by atoms with Gasteiger partial charge in [-0.05, 0) is 18.2 Å². The second kappa shape index (κ2) is 6.07. The van der Waals surface area contributed by atoms with Crippen LogP contribution in [0.5, 0.6) is 0 Å². The SMILES string of the molecule is NNc1cc(C(=O)NCc2ccncn2)cc(Cl)n1. The Morgan fingerprint density at radius 1 is 1.42 bits per heavy atom. The fraction of sp³-hybridized carbons (Fsp3) is 0.0909. The number of nitrogens with zero attached hydrogens (tertiary/aromatic N) is 3. The first-order chi connectivity index (χ1) is 9.19. The van der Waals surface area contributed by atoms with E-state index in [0.29, 0.717) is 23.6 Å². The number of carbonyl (C=O) groups is 1. The van der Waals surface area contributed by atoms with E-state index in [0.717, 1.165) is 0 Å². The van der Waals surface area contributed by atoms with Crippen molar-refractivity contribution in [3.05, 3.63) is 47.1 Å². The third kappa shape index (κ3) is 3.60. The van der Waals surface area contributed by atoms with Gasteiger partial charge in [-0.15, -0.1) is 0 Å². The molecule has 0 radical (unpaired) electrons. The molecule has 0 saturated heterocycles. The number of hydrogen-bond donors (Lipinski definition) is 3. The second-order valence-electron chi connectivity index (χ2n) is 3.59. The third-order valence-corrected chi connectivity index (χ3v) is 2.47. The van der Waals surface area contributed by atoms with Gasteiger partial charge in [0.1, 0.15) is 17.3 Å². The van der Waals surface area contributed by atoms with E-state index in [1.807, 2.05) is 0 Å². The number of halogens is 1. The zero-order valence-corrected chi connectivity index (χ0v) is 10.6. The molecule has 2 rings (SSSR count). The van der Waals surface area contributed by atoms with E-state index >= 15 is 0 Å². The molecular formula is C11H11ClN6O. The molecule has 2 aromatic rings. The molecule has 1 amide bonds. The minimum Gasteiger partial charge on any atom is -0.346 e. The average Bonchev–Trinajstić information content (AvgIpc) is 2.45. The summed E-state index contributed by atoms with van der Waals surface area (Å²) in [5.74, 6) is 5.26. The minimum atomic E-state index is -0.292. The first-order valence-corrected chi connectivity index (χ1v) is 5.74. The Morgan fingerprint density at radius 3 is 2.95 bits per heavy atom. The quantitative estimate of drug-likeness (QED) is 0.433. The van der Waals surface area contributed by atoms with Crippen LogP contribution < -0.4 is 16.6 Å². The largest absolute Gasteiger partial charge is 0.346 e. The molecule has 8 heteroatoms. The lowest BCUT2D eigenvalue weighted by Gasteiger charge is -2.06. The summed E-state index contributed by atoms with van der Waals surface area (Å²) < 4.78 is 0. The highest BCUT2D eigenvalue weighted by Gasteiger charge is 2.09. The molecule has 0 spiro atoms. The highest BCUT2D eigenvalue weighted by Crippen LogP contribution is 2.13. The van der Waals surface area contributed by atoms with Crippen molar-refractivity contribution in [1.82, 2.24) is 20.3 Å². The zero-order chi connectivity index (χ0) is 13.7. The maximum absolute atomic E-state index is 11.9. The molecule has 0 atom stereocenters. The van der Waals surface area contributed by atoms with Crippen molar-refractivity contribution < 1.29 is 4.79 Å². The van der Waals surface area contributed by atoms with E-state index in [-0.39, 0.29) is 11.1 Å².